The molecule has 27 heavy (non-hydrogen) atoms. The first-order valence-electron chi connectivity index (χ1n) is 8.89. The number of carbonyl (C=O) groups excluding carboxylic acids is 1. The van der Waals surface area contributed by atoms with Crippen molar-refractivity contribution in [2.24, 2.45) is 0 Å². The molecule has 1 aliphatic carbocycles. The fourth-order valence-corrected chi connectivity index (χ4v) is 3.40. The van der Waals surface area contributed by atoms with Crippen LogP contribution in [-0.2, 0) is 11.3 Å². The monoisotopic (exact) mass is 438 g/mol. The van der Waals surface area contributed by atoms with Gasteiger partial charge < -0.3 is 15.4 Å². The zero-order valence-corrected chi connectivity index (χ0v) is 16.3. The number of hydrogen-bond donors (Lipinski definition) is 2. The molecule has 1 aliphatic rings. The van der Waals surface area contributed by atoms with Gasteiger partial charge in [-0.05, 0) is 62.1 Å². The van der Waals surface area contributed by atoms with E-state index < -0.39 is 11.6 Å². The van der Waals surface area contributed by atoms with Crippen LogP contribution in [0.25, 0.3) is 0 Å². The van der Waals surface area contributed by atoms with Crippen LogP contribution in [0.1, 0.15) is 31.2 Å². The third-order valence-electron chi connectivity index (χ3n) is 4.64. The van der Waals surface area contributed by atoms with Gasteiger partial charge in [0, 0.05) is 21.8 Å². The van der Waals surface area contributed by atoms with Gasteiger partial charge in [-0.2, -0.15) is 0 Å². The predicted octanol–water partition coefficient (Wildman–Crippen LogP) is 5.38. The summed E-state index contributed by atoms with van der Waals surface area (Å²) in [6.45, 7) is -0.0781. The molecule has 144 valence electrons. The summed E-state index contributed by atoms with van der Waals surface area (Å²) in [5.41, 5.74) is 0.686. The summed E-state index contributed by atoms with van der Waals surface area (Å²) in [5, 5.41) is 5.76. The molecule has 3 rings (SSSR count). The smallest absolute Gasteiger partial charge is 0.319 e. The molecule has 0 aliphatic heterocycles. The second-order valence-corrected chi connectivity index (χ2v) is 7.51. The van der Waals surface area contributed by atoms with Crippen LogP contribution in [0.3, 0.4) is 0 Å². The van der Waals surface area contributed by atoms with E-state index in [4.69, 9.17) is 4.74 Å². The molecular weight excluding hydrogens is 418 g/mol. The summed E-state index contributed by atoms with van der Waals surface area (Å²) in [7, 11) is 0. The maximum Gasteiger partial charge on any atom is 0.319 e. The van der Waals surface area contributed by atoms with Crippen molar-refractivity contribution in [3.8, 4) is 0 Å². The third kappa shape index (κ3) is 5.74. The maximum absolute atomic E-state index is 13.6. The fourth-order valence-electron chi connectivity index (χ4n) is 3.13. The normalized spacial score (nSPS) is 19.5. The van der Waals surface area contributed by atoms with Gasteiger partial charge in [0.2, 0.25) is 0 Å². The topological polar surface area (TPSA) is 50.4 Å². The Bertz CT molecular complexity index is 758. The summed E-state index contributed by atoms with van der Waals surface area (Å²) >= 11 is 3.35. The Labute approximate surface area is 165 Å². The summed E-state index contributed by atoms with van der Waals surface area (Å²) < 4.78 is 33.9. The van der Waals surface area contributed by atoms with Gasteiger partial charge in [0.25, 0.3) is 0 Å². The Morgan fingerprint density at radius 2 is 1.67 bits per heavy atom. The number of halogens is 3. The Morgan fingerprint density at radius 1 is 1.04 bits per heavy atom. The molecule has 0 heterocycles. The zero-order chi connectivity index (χ0) is 19.2. The summed E-state index contributed by atoms with van der Waals surface area (Å²) in [4.78, 5) is 12.1. The van der Waals surface area contributed by atoms with E-state index in [9.17, 15) is 13.6 Å². The molecule has 0 atom stereocenters. The number of hydrogen-bond acceptors (Lipinski definition) is 2. The molecule has 2 aromatic rings. The van der Waals surface area contributed by atoms with Crippen molar-refractivity contribution in [3.63, 3.8) is 0 Å². The van der Waals surface area contributed by atoms with Gasteiger partial charge >= 0.3 is 6.03 Å². The van der Waals surface area contributed by atoms with Crippen molar-refractivity contribution in [1.29, 1.82) is 0 Å². The molecule has 0 unspecified atom stereocenters. The Balaban J connectivity index is 1.41. The largest absolute Gasteiger partial charge is 0.373 e. The van der Waals surface area contributed by atoms with Crippen molar-refractivity contribution in [3.05, 3.63) is 64.1 Å². The van der Waals surface area contributed by atoms with Gasteiger partial charge in [0.05, 0.1) is 12.7 Å². The molecule has 0 bridgehead atoms. The minimum absolute atomic E-state index is 0.0355. The number of urea groups is 1. The summed E-state index contributed by atoms with van der Waals surface area (Å²) in [5.74, 6) is -1.18. The van der Waals surface area contributed by atoms with E-state index in [1.165, 1.54) is 18.2 Å². The van der Waals surface area contributed by atoms with Crippen molar-refractivity contribution in [2.75, 3.05) is 5.32 Å². The van der Waals surface area contributed by atoms with Crippen LogP contribution >= 0.6 is 15.9 Å². The van der Waals surface area contributed by atoms with Gasteiger partial charge in [-0.1, -0.05) is 22.0 Å². The van der Waals surface area contributed by atoms with E-state index in [-0.39, 0.29) is 30.3 Å². The van der Waals surface area contributed by atoms with E-state index in [0.29, 0.717) is 0 Å². The highest BCUT2D eigenvalue weighted by Crippen LogP contribution is 2.24. The molecule has 4 nitrogen and oxygen atoms in total. The first kappa shape index (κ1) is 19.8. The highest BCUT2D eigenvalue weighted by atomic mass is 79.9. The first-order chi connectivity index (χ1) is 13.0. The number of ether oxygens (including phenoxy) is 1. The van der Waals surface area contributed by atoms with Crippen LogP contribution in [0, 0.1) is 11.6 Å². The number of carbonyl (C=O) groups is 1. The van der Waals surface area contributed by atoms with E-state index in [1.807, 2.05) is 24.3 Å². The maximum atomic E-state index is 13.6. The summed E-state index contributed by atoms with van der Waals surface area (Å²) in [6, 6.07) is 11.0. The number of rotatable bonds is 5. The molecular formula is C20H21BrF2N2O2. The SMILES string of the molecule is O=C(Nc1ccc(Br)cc1)N[C@H]1CC[C@H](OCc2c(F)cccc2F)CC1. The quantitative estimate of drug-likeness (QED) is 0.658. The van der Waals surface area contributed by atoms with Gasteiger partial charge in [-0.3, -0.25) is 0 Å². The van der Waals surface area contributed by atoms with E-state index in [2.05, 4.69) is 26.6 Å². The van der Waals surface area contributed by atoms with Crippen molar-refractivity contribution < 1.29 is 18.3 Å². The standard InChI is InChI=1S/C20H21BrF2N2O2/c21-13-4-6-14(7-5-13)24-20(26)25-15-8-10-16(11-9-15)27-12-17-18(22)2-1-3-19(17)23/h1-7,15-16H,8-12H2,(H2,24,25,26)/t15-,16-. The molecule has 7 heteroatoms. The Hall–Kier alpha value is -1.99. The van der Waals surface area contributed by atoms with Crippen molar-refractivity contribution >= 4 is 27.6 Å². The van der Waals surface area contributed by atoms with Crippen LogP contribution < -0.4 is 10.6 Å². The highest BCUT2D eigenvalue weighted by Gasteiger charge is 2.23. The third-order valence-corrected chi connectivity index (χ3v) is 5.17. The Morgan fingerprint density at radius 3 is 2.30 bits per heavy atom. The molecule has 0 radical (unpaired) electrons. The van der Waals surface area contributed by atoms with Gasteiger partial charge in [0.15, 0.2) is 0 Å². The zero-order valence-electron chi connectivity index (χ0n) is 14.7. The summed E-state index contributed by atoms with van der Waals surface area (Å²) in [6.07, 6.45) is 2.94. The van der Waals surface area contributed by atoms with Crippen LogP contribution in [0.2, 0.25) is 0 Å². The molecule has 2 aromatic carbocycles. The van der Waals surface area contributed by atoms with Gasteiger partial charge in [0.1, 0.15) is 11.6 Å². The molecule has 1 fully saturated rings. The predicted molar refractivity (Wildman–Crippen MR) is 103 cm³/mol. The van der Waals surface area contributed by atoms with Crippen molar-refractivity contribution in [2.45, 2.75) is 44.4 Å². The molecule has 2 N–H and O–H groups in total. The van der Waals surface area contributed by atoms with E-state index in [0.717, 1.165) is 35.8 Å². The molecule has 1 saturated carbocycles. The minimum atomic E-state index is -0.588. The second kappa shape index (κ2) is 9.28. The fraction of sp³-hybridized carbons (Fsp3) is 0.350. The molecule has 0 aromatic heterocycles. The molecule has 0 spiro atoms. The van der Waals surface area contributed by atoms with Crippen molar-refractivity contribution in [1.82, 2.24) is 5.32 Å². The lowest BCUT2D eigenvalue weighted by molar-refractivity contribution is 0.00964. The second-order valence-electron chi connectivity index (χ2n) is 6.59. The lowest BCUT2D eigenvalue weighted by Crippen LogP contribution is -2.41. The highest BCUT2D eigenvalue weighted by molar-refractivity contribution is 9.10. The Kier molecular flexibility index (Phi) is 6.79. The van der Waals surface area contributed by atoms with E-state index >= 15 is 0 Å². The van der Waals surface area contributed by atoms with Crippen LogP contribution in [0.15, 0.2) is 46.9 Å². The first-order valence-corrected chi connectivity index (χ1v) is 9.68. The number of nitrogens with one attached hydrogen (secondary N) is 2. The average molecular weight is 439 g/mol. The van der Waals surface area contributed by atoms with Gasteiger partial charge in [-0.15, -0.1) is 0 Å². The van der Waals surface area contributed by atoms with Crippen LogP contribution in [-0.4, -0.2) is 18.2 Å². The number of benzene rings is 2. The molecule has 2 amide bonds. The number of anilines is 1. The minimum Gasteiger partial charge on any atom is -0.373 e. The lowest BCUT2D eigenvalue weighted by atomic mass is 9.93. The van der Waals surface area contributed by atoms with E-state index in [1.54, 1.807) is 0 Å². The number of amides is 2. The molecule has 0 saturated heterocycles. The lowest BCUT2D eigenvalue weighted by Gasteiger charge is -2.29. The van der Waals surface area contributed by atoms with Crippen LogP contribution in [0.4, 0.5) is 19.3 Å². The average Bonchev–Trinajstić information content (AvgIpc) is 2.64. The van der Waals surface area contributed by atoms with Crippen LogP contribution in [0.5, 0.6) is 0 Å². The van der Waals surface area contributed by atoms with Gasteiger partial charge in [-0.25, -0.2) is 13.6 Å².